The molecule has 0 atom stereocenters. The molecule has 82 valence electrons. The first-order valence-electron chi connectivity index (χ1n) is 4.47. The fraction of sp³-hybridized carbons (Fsp3) is 0.0909. The molecule has 2 rings (SSSR count). The number of carbonyl (C=O) groups is 2. The van der Waals surface area contributed by atoms with Gasteiger partial charge in [0.15, 0.2) is 12.0 Å². The number of ether oxygens (including phenoxy) is 1. The van der Waals surface area contributed by atoms with E-state index in [9.17, 15) is 9.59 Å². The summed E-state index contributed by atoms with van der Waals surface area (Å²) >= 11 is 1.27. The Balaban J connectivity index is 2.44. The van der Waals surface area contributed by atoms with E-state index in [0.717, 1.165) is 0 Å². The predicted octanol–water partition coefficient (Wildman–Crippen LogP) is 2.61. The second-order valence-corrected chi connectivity index (χ2v) is 3.89. The van der Waals surface area contributed by atoms with E-state index in [1.807, 2.05) is 0 Å². The normalized spacial score (nSPS) is 10.1. The molecule has 0 aliphatic rings. The first kappa shape index (κ1) is 10.6. The van der Waals surface area contributed by atoms with Gasteiger partial charge in [0, 0.05) is 5.56 Å². The second kappa shape index (κ2) is 4.32. The minimum atomic E-state index is -0.408. The van der Waals surface area contributed by atoms with Crippen LogP contribution in [0.25, 0.3) is 11.3 Å². The van der Waals surface area contributed by atoms with Crippen LogP contribution in [-0.2, 0) is 4.74 Å². The number of furan rings is 1. The van der Waals surface area contributed by atoms with Crippen LogP contribution in [0.1, 0.15) is 20.2 Å². The van der Waals surface area contributed by atoms with Crippen LogP contribution in [0.5, 0.6) is 0 Å². The molecule has 2 aromatic heterocycles. The summed E-state index contributed by atoms with van der Waals surface area (Å²) in [6.07, 6.45) is 0.619. The molecule has 0 aromatic carbocycles. The van der Waals surface area contributed by atoms with E-state index in [0.29, 0.717) is 22.5 Å². The van der Waals surface area contributed by atoms with Crippen LogP contribution in [-0.4, -0.2) is 19.4 Å². The van der Waals surface area contributed by atoms with Crippen LogP contribution in [0.15, 0.2) is 28.0 Å². The molecule has 2 heterocycles. The summed E-state index contributed by atoms with van der Waals surface area (Å²) in [4.78, 5) is 22.4. The van der Waals surface area contributed by atoms with Crippen molar-refractivity contribution in [2.45, 2.75) is 0 Å². The van der Waals surface area contributed by atoms with E-state index in [1.165, 1.54) is 18.4 Å². The lowest BCUT2D eigenvalue weighted by molar-refractivity contribution is 0.0607. The van der Waals surface area contributed by atoms with Crippen LogP contribution in [0.4, 0.5) is 0 Å². The number of methoxy groups -OCH3 is 1. The van der Waals surface area contributed by atoms with E-state index < -0.39 is 5.97 Å². The number of hydrogen-bond acceptors (Lipinski definition) is 5. The minimum absolute atomic E-state index is 0.233. The molecule has 16 heavy (non-hydrogen) atoms. The van der Waals surface area contributed by atoms with Gasteiger partial charge in [-0.3, -0.25) is 4.79 Å². The van der Waals surface area contributed by atoms with Gasteiger partial charge < -0.3 is 9.15 Å². The van der Waals surface area contributed by atoms with Crippen molar-refractivity contribution in [3.05, 3.63) is 34.2 Å². The maximum atomic E-state index is 11.4. The van der Waals surface area contributed by atoms with Gasteiger partial charge in [-0.1, -0.05) is 0 Å². The van der Waals surface area contributed by atoms with Gasteiger partial charge in [0.05, 0.1) is 7.11 Å². The summed E-state index contributed by atoms with van der Waals surface area (Å²) in [5.41, 5.74) is 0.643. The smallest absolute Gasteiger partial charge is 0.348 e. The fourth-order valence-corrected chi connectivity index (χ4v) is 2.13. The van der Waals surface area contributed by atoms with Gasteiger partial charge in [-0.2, -0.15) is 0 Å². The molecule has 0 amide bonds. The topological polar surface area (TPSA) is 56.5 Å². The molecule has 2 aromatic rings. The summed E-state index contributed by atoms with van der Waals surface area (Å²) in [5.74, 6) is 0.315. The fourth-order valence-electron chi connectivity index (χ4n) is 1.31. The molecular weight excluding hydrogens is 228 g/mol. The number of rotatable bonds is 3. The summed E-state index contributed by atoms with van der Waals surface area (Å²) in [6, 6.07) is 4.96. The highest BCUT2D eigenvalue weighted by Crippen LogP contribution is 2.29. The van der Waals surface area contributed by atoms with Gasteiger partial charge in [-0.15, -0.1) is 11.3 Å². The number of esters is 1. The van der Waals surface area contributed by atoms with Gasteiger partial charge in [-0.05, 0) is 23.6 Å². The van der Waals surface area contributed by atoms with Crippen molar-refractivity contribution in [3.8, 4) is 11.3 Å². The molecule has 0 radical (unpaired) electrons. The monoisotopic (exact) mass is 236 g/mol. The van der Waals surface area contributed by atoms with E-state index in [-0.39, 0.29) is 5.76 Å². The third-order valence-electron chi connectivity index (χ3n) is 2.04. The van der Waals surface area contributed by atoms with Gasteiger partial charge in [0.1, 0.15) is 10.6 Å². The van der Waals surface area contributed by atoms with Crippen molar-refractivity contribution in [3.63, 3.8) is 0 Å². The zero-order chi connectivity index (χ0) is 11.5. The average molecular weight is 236 g/mol. The Hall–Kier alpha value is -1.88. The van der Waals surface area contributed by atoms with Gasteiger partial charge >= 0.3 is 5.97 Å². The Morgan fingerprint density at radius 1 is 1.44 bits per heavy atom. The molecule has 0 N–H and O–H groups in total. The van der Waals surface area contributed by atoms with Gasteiger partial charge in [-0.25, -0.2) is 4.79 Å². The highest BCUT2D eigenvalue weighted by Gasteiger charge is 2.17. The first-order chi connectivity index (χ1) is 7.76. The van der Waals surface area contributed by atoms with Gasteiger partial charge in [0.2, 0.25) is 0 Å². The second-order valence-electron chi connectivity index (χ2n) is 2.97. The Bertz CT molecular complexity index is 524. The van der Waals surface area contributed by atoms with Crippen molar-refractivity contribution >= 4 is 23.6 Å². The van der Waals surface area contributed by atoms with Crippen LogP contribution in [0.2, 0.25) is 0 Å². The largest absolute Gasteiger partial charge is 0.465 e. The maximum Gasteiger partial charge on any atom is 0.348 e. The van der Waals surface area contributed by atoms with Gasteiger partial charge in [0.25, 0.3) is 0 Å². The standard InChI is InChI=1S/C11H8O4S/c1-14-11(13)10-8(4-5-16-10)9-3-2-7(6-12)15-9/h2-6H,1H3. The lowest BCUT2D eigenvalue weighted by Crippen LogP contribution is -1.99. The van der Waals surface area contributed by atoms with Crippen molar-refractivity contribution in [1.29, 1.82) is 0 Å². The maximum absolute atomic E-state index is 11.4. The molecule has 4 nitrogen and oxygen atoms in total. The quantitative estimate of drug-likeness (QED) is 0.607. The molecule has 0 fully saturated rings. The Labute approximate surface area is 95.5 Å². The lowest BCUT2D eigenvalue weighted by atomic mass is 10.2. The van der Waals surface area contributed by atoms with Crippen LogP contribution in [0.3, 0.4) is 0 Å². The number of carbonyl (C=O) groups excluding carboxylic acids is 2. The molecule has 0 saturated carbocycles. The number of aldehydes is 1. The molecule has 0 spiro atoms. The lowest BCUT2D eigenvalue weighted by Gasteiger charge is -1.98. The van der Waals surface area contributed by atoms with E-state index >= 15 is 0 Å². The molecule has 0 bridgehead atoms. The summed E-state index contributed by atoms with van der Waals surface area (Å²) in [6.45, 7) is 0. The highest BCUT2D eigenvalue weighted by atomic mass is 32.1. The van der Waals surface area contributed by atoms with E-state index in [1.54, 1.807) is 23.6 Å². The van der Waals surface area contributed by atoms with Crippen molar-refractivity contribution in [2.75, 3.05) is 7.11 Å². The van der Waals surface area contributed by atoms with Crippen LogP contribution < -0.4 is 0 Å². The third-order valence-corrected chi connectivity index (χ3v) is 2.94. The highest BCUT2D eigenvalue weighted by molar-refractivity contribution is 7.12. The number of hydrogen-bond donors (Lipinski definition) is 0. The summed E-state index contributed by atoms with van der Waals surface area (Å²) in [7, 11) is 1.32. The molecule has 0 aliphatic carbocycles. The zero-order valence-electron chi connectivity index (χ0n) is 8.43. The molecule has 0 unspecified atom stereocenters. The Morgan fingerprint density at radius 2 is 2.25 bits per heavy atom. The first-order valence-corrected chi connectivity index (χ1v) is 5.35. The summed E-state index contributed by atoms with van der Waals surface area (Å²) in [5, 5.41) is 1.77. The van der Waals surface area contributed by atoms with Crippen molar-refractivity contribution in [2.24, 2.45) is 0 Å². The molecular formula is C11H8O4S. The van der Waals surface area contributed by atoms with E-state index in [2.05, 4.69) is 4.74 Å². The molecule has 5 heteroatoms. The van der Waals surface area contributed by atoms with E-state index in [4.69, 9.17) is 4.42 Å². The van der Waals surface area contributed by atoms with Crippen molar-refractivity contribution in [1.82, 2.24) is 0 Å². The number of thiophene rings is 1. The summed E-state index contributed by atoms with van der Waals surface area (Å²) < 4.78 is 9.89. The minimum Gasteiger partial charge on any atom is -0.465 e. The Morgan fingerprint density at radius 3 is 2.88 bits per heavy atom. The Kier molecular flexibility index (Phi) is 2.87. The van der Waals surface area contributed by atoms with Crippen LogP contribution in [0, 0.1) is 0 Å². The predicted molar refractivity (Wildman–Crippen MR) is 58.7 cm³/mol. The molecule has 0 saturated heterocycles. The molecule has 0 aliphatic heterocycles. The average Bonchev–Trinajstić information content (AvgIpc) is 2.95. The van der Waals surface area contributed by atoms with Crippen molar-refractivity contribution < 1.29 is 18.7 Å². The SMILES string of the molecule is COC(=O)c1sccc1-c1ccc(C=O)o1. The third kappa shape index (κ3) is 1.77. The van der Waals surface area contributed by atoms with Crippen LogP contribution >= 0.6 is 11.3 Å². The zero-order valence-corrected chi connectivity index (χ0v) is 9.24.